The molecule has 1 unspecified atom stereocenters. The lowest BCUT2D eigenvalue weighted by Gasteiger charge is -2.21. The Kier molecular flexibility index (Phi) is 2.35. The minimum Gasteiger partial charge on any atom is -0.467 e. The maximum absolute atomic E-state index is 5.62. The fourth-order valence-corrected chi connectivity index (χ4v) is 1.90. The topological polar surface area (TPSA) is 18.5 Å². The van der Waals surface area contributed by atoms with Crippen molar-refractivity contribution < 1.29 is 9.47 Å². The summed E-state index contributed by atoms with van der Waals surface area (Å²) in [7, 11) is 0. The Balaban J connectivity index is 2.08. The molecular formula is C14H12O2. The normalized spacial score (nSPS) is 25.5. The molecule has 0 saturated carbocycles. The average Bonchev–Trinajstić information content (AvgIpc) is 2.29. The van der Waals surface area contributed by atoms with Gasteiger partial charge in [0.2, 0.25) is 0 Å². The molecule has 1 atom stereocenters. The summed E-state index contributed by atoms with van der Waals surface area (Å²) in [6.07, 6.45) is 10.2. The number of rotatable bonds is 0. The van der Waals surface area contributed by atoms with Crippen molar-refractivity contribution in [1.82, 2.24) is 0 Å². The Morgan fingerprint density at radius 1 is 1.12 bits per heavy atom. The first kappa shape index (κ1) is 9.43. The van der Waals surface area contributed by atoms with Gasteiger partial charge in [-0.1, -0.05) is 42.5 Å². The third-order valence-corrected chi connectivity index (χ3v) is 2.72. The van der Waals surface area contributed by atoms with Gasteiger partial charge in [0.25, 0.3) is 0 Å². The predicted molar refractivity (Wildman–Crippen MR) is 63.1 cm³/mol. The highest BCUT2D eigenvalue weighted by atomic mass is 16.7. The van der Waals surface area contributed by atoms with E-state index in [4.69, 9.17) is 9.47 Å². The van der Waals surface area contributed by atoms with Gasteiger partial charge in [0.15, 0.2) is 6.79 Å². The zero-order valence-corrected chi connectivity index (χ0v) is 8.80. The van der Waals surface area contributed by atoms with Gasteiger partial charge >= 0.3 is 0 Å². The molecule has 1 aliphatic carbocycles. The fourth-order valence-electron chi connectivity index (χ4n) is 1.90. The number of benzene rings is 1. The second kappa shape index (κ2) is 3.99. The molecule has 0 bridgehead atoms. The van der Waals surface area contributed by atoms with Crippen molar-refractivity contribution in [2.45, 2.75) is 6.10 Å². The second-order valence-corrected chi connectivity index (χ2v) is 3.78. The van der Waals surface area contributed by atoms with Crippen molar-refractivity contribution in [1.29, 1.82) is 0 Å². The third-order valence-electron chi connectivity index (χ3n) is 2.72. The summed E-state index contributed by atoms with van der Waals surface area (Å²) in [5.74, 6) is 0.872. The lowest BCUT2D eigenvalue weighted by Crippen LogP contribution is -2.19. The Labute approximate surface area is 94.5 Å². The molecule has 1 aromatic carbocycles. The van der Waals surface area contributed by atoms with Crippen molar-refractivity contribution in [3.05, 3.63) is 59.7 Å². The van der Waals surface area contributed by atoms with Crippen LogP contribution in [0.15, 0.2) is 54.1 Å². The van der Waals surface area contributed by atoms with Crippen LogP contribution >= 0.6 is 0 Å². The van der Waals surface area contributed by atoms with Gasteiger partial charge in [-0.3, -0.25) is 0 Å². The predicted octanol–water partition coefficient (Wildman–Crippen LogP) is 2.93. The smallest absolute Gasteiger partial charge is 0.190 e. The van der Waals surface area contributed by atoms with Crippen LogP contribution in [0.3, 0.4) is 0 Å². The van der Waals surface area contributed by atoms with E-state index < -0.39 is 0 Å². The van der Waals surface area contributed by atoms with Crippen molar-refractivity contribution in [3.8, 4) is 5.75 Å². The van der Waals surface area contributed by atoms with Gasteiger partial charge in [-0.15, -0.1) is 0 Å². The SMILES string of the molecule is C1=C/C2=C/c3ccccc3OCOC2C=C1. The Bertz CT molecular complexity index is 483. The highest BCUT2D eigenvalue weighted by molar-refractivity contribution is 5.64. The molecule has 0 radical (unpaired) electrons. The Morgan fingerprint density at radius 2 is 2.06 bits per heavy atom. The summed E-state index contributed by atoms with van der Waals surface area (Å²) >= 11 is 0. The molecule has 16 heavy (non-hydrogen) atoms. The second-order valence-electron chi connectivity index (χ2n) is 3.78. The summed E-state index contributed by atoms with van der Waals surface area (Å²) < 4.78 is 11.2. The van der Waals surface area contributed by atoms with E-state index in [0.717, 1.165) is 11.3 Å². The van der Waals surface area contributed by atoms with Crippen LogP contribution in [0.25, 0.3) is 6.08 Å². The highest BCUT2D eigenvalue weighted by Gasteiger charge is 2.15. The van der Waals surface area contributed by atoms with Crippen LogP contribution in [0.5, 0.6) is 5.75 Å². The number of ether oxygens (including phenoxy) is 2. The van der Waals surface area contributed by atoms with Crippen LogP contribution in [-0.2, 0) is 4.74 Å². The highest BCUT2D eigenvalue weighted by Crippen LogP contribution is 2.27. The van der Waals surface area contributed by atoms with Gasteiger partial charge in [-0.05, 0) is 17.7 Å². The van der Waals surface area contributed by atoms with E-state index >= 15 is 0 Å². The monoisotopic (exact) mass is 212 g/mol. The van der Waals surface area contributed by atoms with E-state index in [-0.39, 0.29) is 12.9 Å². The maximum atomic E-state index is 5.62. The van der Waals surface area contributed by atoms with E-state index in [1.165, 1.54) is 5.57 Å². The quantitative estimate of drug-likeness (QED) is 0.658. The van der Waals surface area contributed by atoms with Crippen molar-refractivity contribution in [3.63, 3.8) is 0 Å². The zero-order valence-electron chi connectivity index (χ0n) is 8.80. The van der Waals surface area contributed by atoms with Crippen molar-refractivity contribution in [2.24, 2.45) is 0 Å². The third kappa shape index (κ3) is 1.68. The van der Waals surface area contributed by atoms with Gasteiger partial charge in [0.05, 0.1) is 0 Å². The fraction of sp³-hybridized carbons (Fsp3) is 0.143. The van der Waals surface area contributed by atoms with Crippen LogP contribution in [-0.4, -0.2) is 12.9 Å². The Hall–Kier alpha value is -1.80. The molecule has 0 aromatic heterocycles. The number of hydrogen-bond donors (Lipinski definition) is 0. The van der Waals surface area contributed by atoms with Crippen molar-refractivity contribution in [2.75, 3.05) is 6.79 Å². The standard InChI is InChI=1S/C14H12O2/c1-3-7-13-11(5-1)9-12-6-2-4-8-14(12)16-10-15-13/h1-9,13H,10H2/b11-9-. The molecule has 0 fully saturated rings. The molecule has 80 valence electrons. The van der Waals surface area contributed by atoms with E-state index in [1.807, 2.05) is 36.4 Å². The van der Waals surface area contributed by atoms with Crippen LogP contribution in [0.1, 0.15) is 5.56 Å². The van der Waals surface area contributed by atoms with E-state index in [0.29, 0.717) is 0 Å². The van der Waals surface area contributed by atoms with Gasteiger partial charge in [-0.25, -0.2) is 0 Å². The molecule has 1 heterocycles. The number of hydrogen-bond acceptors (Lipinski definition) is 2. The lowest BCUT2D eigenvalue weighted by molar-refractivity contribution is -0.00196. The first-order valence-electron chi connectivity index (χ1n) is 5.33. The van der Waals surface area contributed by atoms with E-state index in [1.54, 1.807) is 0 Å². The summed E-state index contributed by atoms with van der Waals surface area (Å²) in [4.78, 5) is 0. The molecule has 0 N–H and O–H groups in total. The van der Waals surface area contributed by atoms with Gasteiger partial charge in [-0.2, -0.15) is 0 Å². The molecule has 2 nitrogen and oxygen atoms in total. The average molecular weight is 212 g/mol. The molecule has 0 amide bonds. The number of para-hydroxylation sites is 1. The summed E-state index contributed by atoms with van der Waals surface area (Å²) in [5.41, 5.74) is 2.27. The molecule has 2 heteroatoms. The molecule has 3 rings (SSSR count). The van der Waals surface area contributed by atoms with Gasteiger partial charge in [0.1, 0.15) is 11.9 Å². The maximum Gasteiger partial charge on any atom is 0.190 e. The molecule has 0 saturated heterocycles. The van der Waals surface area contributed by atoms with E-state index in [9.17, 15) is 0 Å². The molecule has 1 aromatic rings. The minimum absolute atomic E-state index is 0.0124. The summed E-state index contributed by atoms with van der Waals surface area (Å²) in [5, 5.41) is 0. The first-order chi connectivity index (χ1) is 7.93. The zero-order chi connectivity index (χ0) is 10.8. The van der Waals surface area contributed by atoms with Crippen LogP contribution in [0, 0.1) is 0 Å². The molecular weight excluding hydrogens is 200 g/mol. The van der Waals surface area contributed by atoms with Crippen LogP contribution in [0.4, 0.5) is 0 Å². The number of allylic oxidation sites excluding steroid dienone is 2. The first-order valence-corrected chi connectivity index (χ1v) is 5.33. The van der Waals surface area contributed by atoms with Crippen LogP contribution < -0.4 is 4.74 Å². The summed E-state index contributed by atoms with van der Waals surface area (Å²) in [6.45, 7) is 0.289. The van der Waals surface area contributed by atoms with E-state index in [2.05, 4.69) is 18.2 Å². The largest absolute Gasteiger partial charge is 0.467 e. The lowest BCUT2D eigenvalue weighted by atomic mass is 10.0. The Morgan fingerprint density at radius 3 is 3.06 bits per heavy atom. The molecule has 1 aliphatic heterocycles. The molecule has 0 spiro atoms. The molecule has 2 aliphatic rings. The van der Waals surface area contributed by atoms with Crippen molar-refractivity contribution >= 4 is 6.08 Å². The van der Waals surface area contributed by atoms with Crippen LogP contribution in [0.2, 0.25) is 0 Å². The van der Waals surface area contributed by atoms with Gasteiger partial charge < -0.3 is 9.47 Å². The minimum atomic E-state index is 0.0124. The summed E-state index contributed by atoms with van der Waals surface area (Å²) in [6, 6.07) is 7.99. The van der Waals surface area contributed by atoms with Gasteiger partial charge in [0, 0.05) is 5.56 Å². The number of fused-ring (bicyclic) bond motifs is 2.